The van der Waals surface area contributed by atoms with Gasteiger partial charge in [0.2, 0.25) is 0 Å². The van der Waals surface area contributed by atoms with Crippen LogP contribution in [0.5, 0.6) is 0 Å². The molecule has 11 rings (SSSR count). The maximum Gasteiger partial charge on any atom is 0.164 e. The van der Waals surface area contributed by atoms with Gasteiger partial charge in [-0.05, 0) is 69.8 Å². The lowest BCUT2D eigenvalue weighted by atomic mass is 9.96. The molecular weight excluding hydrogens is 739 g/mol. The highest BCUT2D eigenvalue weighted by Gasteiger charge is 2.18. The fourth-order valence-corrected chi connectivity index (χ4v) is 9.10. The average Bonchev–Trinajstić information content (AvgIpc) is 3.72. The fraction of sp³-hybridized carbons (Fsp3) is 0. The van der Waals surface area contributed by atoms with E-state index in [0.29, 0.717) is 17.5 Å². The van der Waals surface area contributed by atoms with Gasteiger partial charge in [0.1, 0.15) is 0 Å². The third-order valence-corrected chi connectivity index (χ3v) is 12.0. The third kappa shape index (κ3) is 6.52. The first-order valence-electron chi connectivity index (χ1n) is 19.6. The predicted molar refractivity (Wildman–Crippen MR) is 244 cm³/mol. The van der Waals surface area contributed by atoms with Crippen molar-refractivity contribution in [1.29, 1.82) is 0 Å². The highest BCUT2D eigenvalue weighted by atomic mass is 32.1. The number of nitrogens with zero attached hydrogens (tertiary/aromatic N) is 5. The van der Waals surface area contributed by atoms with Crippen LogP contribution in [0.25, 0.3) is 110 Å². The maximum atomic E-state index is 5.16. The Hall–Kier alpha value is -7.67. The van der Waals surface area contributed by atoms with Crippen molar-refractivity contribution in [2.75, 3.05) is 0 Å². The normalized spacial score (nSPS) is 11.4. The summed E-state index contributed by atoms with van der Waals surface area (Å²) in [6.07, 6.45) is 1.82. The number of hydrogen-bond donors (Lipinski definition) is 0. The number of benzene rings is 7. The number of aromatic nitrogens is 5. The van der Waals surface area contributed by atoms with E-state index >= 15 is 0 Å². The first-order chi connectivity index (χ1) is 29.2. The summed E-state index contributed by atoms with van der Waals surface area (Å²) in [7, 11) is 0. The molecule has 0 unspecified atom stereocenters. The molecule has 6 heteroatoms. The number of pyridine rings is 2. The van der Waals surface area contributed by atoms with Crippen molar-refractivity contribution in [3.05, 3.63) is 200 Å². The molecule has 0 aliphatic rings. The molecule has 4 aromatic heterocycles. The Morgan fingerprint density at radius 2 is 0.780 bits per heavy atom. The van der Waals surface area contributed by atoms with Crippen molar-refractivity contribution in [1.82, 2.24) is 24.9 Å². The molecular formula is C53H33N5S. The zero-order chi connectivity index (χ0) is 39.1. The molecule has 0 aliphatic carbocycles. The summed E-state index contributed by atoms with van der Waals surface area (Å²) >= 11 is 1.79. The molecule has 0 atom stereocenters. The van der Waals surface area contributed by atoms with Crippen molar-refractivity contribution in [2.24, 2.45) is 0 Å². The predicted octanol–water partition coefficient (Wildman–Crippen LogP) is 13.9. The van der Waals surface area contributed by atoms with Gasteiger partial charge in [0.25, 0.3) is 0 Å². The summed E-state index contributed by atoms with van der Waals surface area (Å²) in [5.74, 6) is 1.89. The molecule has 0 aliphatic heterocycles. The molecule has 276 valence electrons. The topological polar surface area (TPSA) is 64.5 Å². The minimum absolute atomic E-state index is 0.622. The monoisotopic (exact) mass is 771 g/mol. The molecule has 0 bridgehead atoms. The molecule has 0 spiro atoms. The largest absolute Gasteiger partial charge is 0.237 e. The van der Waals surface area contributed by atoms with Crippen LogP contribution in [-0.4, -0.2) is 24.9 Å². The van der Waals surface area contributed by atoms with Crippen LogP contribution in [0.2, 0.25) is 0 Å². The Morgan fingerprint density at radius 1 is 0.322 bits per heavy atom. The molecule has 0 amide bonds. The second kappa shape index (κ2) is 14.7. The zero-order valence-corrected chi connectivity index (χ0v) is 32.5. The summed E-state index contributed by atoms with van der Waals surface area (Å²) in [6.45, 7) is 0. The van der Waals surface area contributed by atoms with Gasteiger partial charge >= 0.3 is 0 Å². The number of rotatable bonds is 7. The highest BCUT2D eigenvalue weighted by molar-refractivity contribution is 7.26. The van der Waals surface area contributed by atoms with E-state index in [9.17, 15) is 0 Å². The lowest BCUT2D eigenvalue weighted by Gasteiger charge is -2.11. The van der Waals surface area contributed by atoms with E-state index in [0.717, 1.165) is 66.8 Å². The third-order valence-electron chi connectivity index (χ3n) is 10.8. The Bertz CT molecular complexity index is 3320. The molecule has 4 heterocycles. The molecule has 59 heavy (non-hydrogen) atoms. The van der Waals surface area contributed by atoms with Crippen LogP contribution in [0.4, 0.5) is 0 Å². The Balaban J connectivity index is 0.964. The van der Waals surface area contributed by atoms with E-state index in [-0.39, 0.29) is 0 Å². The van der Waals surface area contributed by atoms with Gasteiger partial charge in [0.05, 0.1) is 10.4 Å². The SMILES string of the molecule is c1ccc(-c2ccc(-c3nc(-c4ccccc4)nc(-c4cccc(-c5cccc(-c6cccc(-c7nc8ncccc8c8c7sc7ccccc78)c6)c5)c4)n3)cc2)cc1. The number of fused-ring (bicyclic) bond motifs is 5. The van der Waals surface area contributed by atoms with E-state index in [1.165, 1.54) is 25.7 Å². The molecule has 0 radical (unpaired) electrons. The van der Waals surface area contributed by atoms with Gasteiger partial charge in [0.15, 0.2) is 23.1 Å². The van der Waals surface area contributed by atoms with Crippen molar-refractivity contribution in [3.8, 4) is 78.8 Å². The lowest BCUT2D eigenvalue weighted by Crippen LogP contribution is -2.00. The van der Waals surface area contributed by atoms with E-state index in [2.05, 4.69) is 152 Å². The van der Waals surface area contributed by atoms with Gasteiger partial charge in [-0.15, -0.1) is 11.3 Å². The Labute approximate surface area is 345 Å². The van der Waals surface area contributed by atoms with Gasteiger partial charge in [-0.3, -0.25) is 0 Å². The lowest BCUT2D eigenvalue weighted by molar-refractivity contribution is 1.07. The van der Waals surface area contributed by atoms with E-state index < -0.39 is 0 Å². The minimum Gasteiger partial charge on any atom is -0.237 e. The van der Waals surface area contributed by atoms with Gasteiger partial charge in [-0.25, -0.2) is 24.9 Å². The highest BCUT2D eigenvalue weighted by Crippen LogP contribution is 2.43. The van der Waals surface area contributed by atoms with Crippen molar-refractivity contribution >= 4 is 42.5 Å². The molecule has 0 N–H and O–H groups in total. The second-order valence-electron chi connectivity index (χ2n) is 14.5. The van der Waals surface area contributed by atoms with Gasteiger partial charge < -0.3 is 0 Å². The summed E-state index contributed by atoms with van der Waals surface area (Å²) in [4.78, 5) is 24.9. The van der Waals surface area contributed by atoms with Crippen molar-refractivity contribution in [3.63, 3.8) is 0 Å². The average molecular weight is 772 g/mol. The fourth-order valence-electron chi connectivity index (χ4n) is 7.87. The van der Waals surface area contributed by atoms with Crippen LogP contribution in [0.15, 0.2) is 200 Å². The second-order valence-corrected chi connectivity index (χ2v) is 15.5. The molecule has 0 saturated carbocycles. The van der Waals surface area contributed by atoms with Gasteiger partial charge in [-0.1, -0.05) is 158 Å². The first kappa shape index (κ1) is 34.6. The zero-order valence-electron chi connectivity index (χ0n) is 31.7. The van der Waals surface area contributed by atoms with Gasteiger partial charge in [0, 0.05) is 49.3 Å². The molecule has 7 aromatic carbocycles. The van der Waals surface area contributed by atoms with E-state index in [1.54, 1.807) is 11.3 Å². The number of hydrogen-bond acceptors (Lipinski definition) is 6. The molecule has 11 aromatic rings. The van der Waals surface area contributed by atoms with Crippen LogP contribution >= 0.6 is 11.3 Å². The van der Waals surface area contributed by atoms with Crippen LogP contribution in [0, 0.1) is 0 Å². The summed E-state index contributed by atoms with van der Waals surface area (Å²) < 4.78 is 2.42. The standard InChI is InChI=1S/C53H33N5S/c1-3-13-34(14-4-1)35-26-28-37(29-27-35)51-56-50(36-15-5-2-6-16-36)57-52(58-51)43-22-11-20-41(33-43)39-18-9-17-38(31-39)40-19-10-21-42(32-40)48-49-47(44-23-7-8-25-46(44)59-49)45-24-12-30-54-53(45)55-48/h1-33H. The summed E-state index contributed by atoms with van der Waals surface area (Å²) in [6, 6.07) is 67.5. The summed E-state index contributed by atoms with van der Waals surface area (Å²) in [5.41, 5.74) is 12.3. The van der Waals surface area contributed by atoms with E-state index in [1.807, 2.05) is 48.7 Å². The Kier molecular flexibility index (Phi) is 8.60. The Morgan fingerprint density at radius 3 is 1.46 bits per heavy atom. The smallest absolute Gasteiger partial charge is 0.164 e. The van der Waals surface area contributed by atoms with Crippen molar-refractivity contribution in [2.45, 2.75) is 0 Å². The molecule has 0 saturated heterocycles. The van der Waals surface area contributed by atoms with Gasteiger partial charge in [-0.2, -0.15) is 0 Å². The molecule has 5 nitrogen and oxygen atoms in total. The van der Waals surface area contributed by atoms with E-state index in [4.69, 9.17) is 24.9 Å². The van der Waals surface area contributed by atoms with Crippen LogP contribution in [-0.2, 0) is 0 Å². The van der Waals surface area contributed by atoms with Crippen molar-refractivity contribution < 1.29 is 0 Å². The van der Waals surface area contributed by atoms with Crippen LogP contribution < -0.4 is 0 Å². The quantitative estimate of drug-likeness (QED) is 0.161. The summed E-state index contributed by atoms with van der Waals surface area (Å²) in [5, 5.41) is 3.53. The minimum atomic E-state index is 0.622. The van der Waals surface area contributed by atoms with Crippen LogP contribution in [0.3, 0.4) is 0 Å². The molecule has 0 fully saturated rings. The first-order valence-corrected chi connectivity index (χ1v) is 20.4. The number of thiophene rings is 1. The van der Waals surface area contributed by atoms with Crippen LogP contribution in [0.1, 0.15) is 0 Å². The maximum absolute atomic E-state index is 5.16.